The van der Waals surface area contributed by atoms with Gasteiger partial charge in [-0.25, -0.2) is 4.79 Å². The summed E-state index contributed by atoms with van der Waals surface area (Å²) in [5.41, 5.74) is 1.44. The molecular formula is C22H31ClN2O3. The van der Waals surface area contributed by atoms with Crippen LogP contribution in [-0.4, -0.2) is 39.4 Å². The number of hydrogen-bond donors (Lipinski definition) is 1. The molecule has 0 aliphatic carbocycles. The van der Waals surface area contributed by atoms with Crippen molar-refractivity contribution >= 4 is 28.6 Å². The first-order valence-electron chi connectivity index (χ1n) is 10.1. The molecule has 1 amide bonds. The number of piperidine rings is 1. The lowest BCUT2D eigenvalue weighted by Gasteiger charge is -2.33. The van der Waals surface area contributed by atoms with Gasteiger partial charge < -0.3 is 19.3 Å². The smallest absolute Gasteiger partial charge is 0.410 e. The van der Waals surface area contributed by atoms with Gasteiger partial charge in [0.2, 0.25) is 0 Å². The molecule has 0 atom stereocenters. The molecule has 154 valence electrons. The number of aliphatic hydroxyl groups excluding tert-OH is 1. The minimum atomic E-state index is -0.436. The maximum Gasteiger partial charge on any atom is 0.410 e. The highest BCUT2D eigenvalue weighted by atomic mass is 35.5. The number of nitrogens with zero attached hydrogens (tertiary/aromatic N) is 2. The van der Waals surface area contributed by atoms with Crippen LogP contribution < -0.4 is 0 Å². The van der Waals surface area contributed by atoms with Crippen LogP contribution in [0.5, 0.6) is 0 Å². The number of benzene rings is 1. The number of ether oxygens (including phenoxy) is 1. The van der Waals surface area contributed by atoms with Gasteiger partial charge in [-0.3, -0.25) is 0 Å². The highest BCUT2D eigenvalue weighted by Crippen LogP contribution is 2.27. The number of carbonyl (C=O) groups excluding carboxylic acids is 1. The predicted octanol–water partition coefficient (Wildman–Crippen LogP) is 5.21. The molecule has 5 nitrogen and oxygen atoms in total. The third-order valence-corrected chi connectivity index (χ3v) is 5.74. The number of fused-ring (bicyclic) bond motifs is 1. The van der Waals surface area contributed by atoms with Crippen molar-refractivity contribution in [2.75, 3.05) is 13.1 Å². The number of amides is 1. The molecule has 2 heterocycles. The van der Waals surface area contributed by atoms with Crippen molar-refractivity contribution < 1.29 is 14.6 Å². The highest BCUT2D eigenvalue weighted by Gasteiger charge is 2.26. The van der Waals surface area contributed by atoms with E-state index in [9.17, 15) is 9.90 Å². The Morgan fingerprint density at radius 3 is 2.64 bits per heavy atom. The number of hydrogen-bond acceptors (Lipinski definition) is 3. The summed E-state index contributed by atoms with van der Waals surface area (Å²) < 4.78 is 7.70. The van der Waals surface area contributed by atoms with Crippen molar-refractivity contribution in [3.8, 4) is 0 Å². The lowest BCUT2D eigenvalue weighted by atomic mass is 9.92. The van der Waals surface area contributed by atoms with E-state index in [1.165, 1.54) is 0 Å². The van der Waals surface area contributed by atoms with E-state index < -0.39 is 5.60 Å². The van der Waals surface area contributed by atoms with Crippen LogP contribution >= 0.6 is 11.6 Å². The number of aromatic nitrogens is 1. The zero-order chi connectivity index (χ0) is 20.3. The van der Waals surface area contributed by atoms with Gasteiger partial charge in [0.1, 0.15) is 5.60 Å². The van der Waals surface area contributed by atoms with Crippen LogP contribution in [0, 0.1) is 5.92 Å². The second-order valence-corrected chi connectivity index (χ2v) is 9.13. The molecule has 0 radical (unpaired) electrons. The van der Waals surface area contributed by atoms with Gasteiger partial charge >= 0.3 is 6.09 Å². The number of halogens is 1. The lowest BCUT2D eigenvalue weighted by molar-refractivity contribution is 0.0180. The first-order valence-corrected chi connectivity index (χ1v) is 10.5. The Kier molecular flexibility index (Phi) is 6.56. The van der Waals surface area contributed by atoms with Crippen LogP contribution in [-0.2, 0) is 17.9 Å². The first-order chi connectivity index (χ1) is 13.3. The van der Waals surface area contributed by atoms with Gasteiger partial charge in [-0.1, -0.05) is 11.6 Å². The minimum absolute atomic E-state index is 0.0397. The molecule has 1 aromatic heterocycles. The Bertz CT molecular complexity index is 817. The summed E-state index contributed by atoms with van der Waals surface area (Å²) in [5.74, 6) is 0.657. The molecule has 1 saturated heterocycles. The van der Waals surface area contributed by atoms with E-state index in [0.717, 1.165) is 61.8 Å². The van der Waals surface area contributed by atoms with Gasteiger partial charge in [-0.15, -0.1) is 0 Å². The molecule has 6 heteroatoms. The zero-order valence-electron chi connectivity index (χ0n) is 17.1. The van der Waals surface area contributed by atoms with Crippen molar-refractivity contribution in [2.45, 2.75) is 65.2 Å². The third-order valence-electron chi connectivity index (χ3n) is 5.39. The fourth-order valence-corrected chi connectivity index (χ4v) is 4.07. The second kappa shape index (κ2) is 8.75. The highest BCUT2D eigenvalue weighted by molar-refractivity contribution is 6.32. The van der Waals surface area contributed by atoms with Crippen molar-refractivity contribution in [3.05, 3.63) is 35.0 Å². The summed E-state index contributed by atoms with van der Waals surface area (Å²) in [6, 6.07) is 5.98. The fourth-order valence-electron chi connectivity index (χ4n) is 3.86. The van der Waals surface area contributed by atoms with E-state index in [4.69, 9.17) is 16.3 Å². The molecule has 0 bridgehead atoms. The number of carbonyl (C=O) groups is 1. The fraction of sp³-hybridized carbons (Fsp3) is 0.591. The average Bonchev–Trinajstić information content (AvgIpc) is 3.02. The van der Waals surface area contributed by atoms with E-state index in [1.807, 2.05) is 37.8 Å². The molecule has 1 fully saturated rings. The van der Waals surface area contributed by atoms with Gasteiger partial charge in [0.15, 0.2) is 0 Å². The topological polar surface area (TPSA) is 54.7 Å². The van der Waals surface area contributed by atoms with Crippen LogP contribution in [0.3, 0.4) is 0 Å². The standard InChI is InChI=1S/C22H31ClN2O3/c1-22(2,3)28-21(27)25-10-6-16(7-11-25)5-4-9-24-12-8-17-13-18(15-26)19(23)14-20(17)24/h8,12-14,16,26H,4-7,9-11,15H2,1-3H3. The molecule has 28 heavy (non-hydrogen) atoms. The van der Waals surface area contributed by atoms with Gasteiger partial charge in [-0.05, 0) is 76.1 Å². The van der Waals surface area contributed by atoms with Crippen molar-refractivity contribution in [2.24, 2.45) is 5.92 Å². The predicted molar refractivity (Wildman–Crippen MR) is 113 cm³/mol. The molecule has 1 aromatic carbocycles. The van der Waals surface area contributed by atoms with Crippen LogP contribution in [0.4, 0.5) is 4.79 Å². The van der Waals surface area contributed by atoms with E-state index in [-0.39, 0.29) is 12.7 Å². The Morgan fingerprint density at radius 2 is 2.00 bits per heavy atom. The van der Waals surface area contributed by atoms with Gasteiger partial charge in [0.05, 0.1) is 6.61 Å². The quantitative estimate of drug-likeness (QED) is 0.741. The minimum Gasteiger partial charge on any atom is -0.444 e. The third kappa shape index (κ3) is 5.21. The van der Waals surface area contributed by atoms with Crippen molar-refractivity contribution in [1.82, 2.24) is 9.47 Å². The molecule has 0 unspecified atom stereocenters. The van der Waals surface area contributed by atoms with Gasteiger partial charge in [-0.2, -0.15) is 0 Å². The Hall–Kier alpha value is -1.72. The summed E-state index contributed by atoms with van der Waals surface area (Å²) in [5, 5.41) is 11.1. The SMILES string of the molecule is CC(C)(C)OC(=O)N1CCC(CCCn2ccc3cc(CO)c(Cl)cc32)CC1. The molecule has 1 aliphatic rings. The first kappa shape index (κ1) is 21.0. The Labute approximate surface area is 172 Å². The number of rotatable bonds is 5. The van der Waals surface area contributed by atoms with Crippen LogP contribution in [0.25, 0.3) is 10.9 Å². The summed E-state index contributed by atoms with van der Waals surface area (Å²) in [6.07, 6.45) is 6.23. The molecule has 2 aromatic rings. The van der Waals surface area contributed by atoms with Crippen LogP contribution in [0.15, 0.2) is 24.4 Å². The van der Waals surface area contributed by atoms with E-state index in [2.05, 4.69) is 16.8 Å². The summed E-state index contributed by atoms with van der Waals surface area (Å²) in [6.45, 7) is 8.19. The average molecular weight is 407 g/mol. The molecule has 0 spiro atoms. The van der Waals surface area contributed by atoms with Crippen LogP contribution in [0.2, 0.25) is 5.02 Å². The maximum absolute atomic E-state index is 12.2. The maximum atomic E-state index is 12.2. The second-order valence-electron chi connectivity index (χ2n) is 8.72. The van der Waals surface area contributed by atoms with Crippen molar-refractivity contribution in [1.29, 1.82) is 0 Å². The largest absolute Gasteiger partial charge is 0.444 e. The van der Waals surface area contributed by atoms with Gasteiger partial charge in [0, 0.05) is 41.8 Å². The number of likely N-dealkylation sites (tertiary alicyclic amines) is 1. The van der Waals surface area contributed by atoms with Gasteiger partial charge in [0.25, 0.3) is 0 Å². The van der Waals surface area contributed by atoms with Crippen LogP contribution in [0.1, 0.15) is 52.0 Å². The molecule has 1 N–H and O–H groups in total. The van der Waals surface area contributed by atoms with E-state index in [1.54, 1.807) is 0 Å². The molecular weight excluding hydrogens is 376 g/mol. The number of aryl methyl sites for hydroxylation is 1. The normalized spacial score (nSPS) is 16.0. The monoisotopic (exact) mass is 406 g/mol. The van der Waals surface area contributed by atoms with Crippen molar-refractivity contribution in [3.63, 3.8) is 0 Å². The molecule has 0 saturated carbocycles. The summed E-state index contributed by atoms with van der Waals surface area (Å²) in [4.78, 5) is 14.0. The number of aliphatic hydroxyl groups is 1. The lowest BCUT2D eigenvalue weighted by Crippen LogP contribution is -2.41. The Balaban J connectivity index is 1.47. The molecule has 1 aliphatic heterocycles. The zero-order valence-corrected chi connectivity index (χ0v) is 17.8. The molecule has 3 rings (SSSR count). The van der Waals surface area contributed by atoms with E-state index >= 15 is 0 Å². The Morgan fingerprint density at radius 1 is 1.29 bits per heavy atom. The summed E-state index contributed by atoms with van der Waals surface area (Å²) in [7, 11) is 0. The van der Waals surface area contributed by atoms with E-state index in [0.29, 0.717) is 10.9 Å². The summed E-state index contributed by atoms with van der Waals surface area (Å²) >= 11 is 6.25.